The third-order valence-electron chi connectivity index (χ3n) is 2.87. The molecule has 0 heterocycles. The number of nitrogen functional groups attached to an aromatic ring is 1. The van der Waals surface area contributed by atoms with E-state index in [1.165, 1.54) is 6.42 Å². The number of nitrogens with two attached hydrogens (primary N) is 1. The van der Waals surface area contributed by atoms with Crippen molar-refractivity contribution in [3.05, 3.63) is 18.2 Å². The van der Waals surface area contributed by atoms with Gasteiger partial charge in [-0.05, 0) is 12.0 Å². The minimum atomic E-state index is 0.678. The average Bonchev–Trinajstić information content (AvgIpc) is 2.27. The number of benzene rings is 1. The van der Waals surface area contributed by atoms with Crippen molar-refractivity contribution in [2.75, 3.05) is 31.3 Å². The summed E-state index contributed by atoms with van der Waals surface area (Å²) in [4.78, 5) is 2.22. The molecule has 3 nitrogen and oxygen atoms in total. The molecule has 0 bridgehead atoms. The molecule has 1 unspecified atom stereocenters. The molecule has 1 aromatic carbocycles. The predicted octanol–water partition coefficient (Wildman–Crippen LogP) is 2.76. The normalized spacial score (nSPS) is 12.2. The second-order valence-corrected chi connectivity index (χ2v) is 4.36. The summed E-state index contributed by atoms with van der Waals surface area (Å²) in [5.74, 6) is 1.49. The minimum absolute atomic E-state index is 0.678. The largest absolute Gasteiger partial charge is 0.497 e. The maximum Gasteiger partial charge on any atom is 0.122 e. The molecule has 1 rings (SSSR count). The van der Waals surface area contributed by atoms with E-state index in [0.717, 1.165) is 23.7 Å². The van der Waals surface area contributed by atoms with Gasteiger partial charge in [0.25, 0.3) is 0 Å². The third kappa shape index (κ3) is 3.33. The summed E-state index contributed by atoms with van der Waals surface area (Å²) in [5, 5.41) is 0. The molecular weight excluding hydrogens is 200 g/mol. The lowest BCUT2D eigenvalue weighted by atomic mass is 10.1. The number of anilines is 2. The fraction of sp³-hybridized carbons (Fsp3) is 0.538. The van der Waals surface area contributed by atoms with Crippen molar-refractivity contribution in [1.82, 2.24) is 0 Å². The van der Waals surface area contributed by atoms with Crippen molar-refractivity contribution in [2.45, 2.75) is 20.3 Å². The Kier molecular flexibility index (Phi) is 4.47. The lowest BCUT2D eigenvalue weighted by molar-refractivity contribution is 0.415. The Balaban J connectivity index is 2.82. The van der Waals surface area contributed by atoms with E-state index in [0.29, 0.717) is 5.92 Å². The molecule has 90 valence electrons. The highest BCUT2D eigenvalue weighted by molar-refractivity contribution is 5.60. The summed E-state index contributed by atoms with van der Waals surface area (Å²) in [6.07, 6.45) is 1.18. The van der Waals surface area contributed by atoms with Crippen LogP contribution in [0.4, 0.5) is 11.4 Å². The molecule has 0 amide bonds. The van der Waals surface area contributed by atoms with Gasteiger partial charge in [0.15, 0.2) is 0 Å². The van der Waals surface area contributed by atoms with Crippen LogP contribution < -0.4 is 15.4 Å². The molecule has 0 aliphatic heterocycles. The molecule has 0 aliphatic rings. The molecule has 0 fully saturated rings. The molecule has 0 saturated heterocycles. The molecular formula is C13H22N2O. The summed E-state index contributed by atoms with van der Waals surface area (Å²) in [6.45, 7) is 5.49. The van der Waals surface area contributed by atoms with Gasteiger partial charge in [-0.25, -0.2) is 0 Å². The van der Waals surface area contributed by atoms with E-state index in [4.69, 9.17) is 10.5 Å². The number of hydrogen-bond acceptors (Lipinski definition) is 3. The van der Waals surface area contributed by atoms with Gasteiger partial charge in [0.2, 0.25) is 0 Å². The zero-order valence-electron chi connectivity index (χ0n) is 10.7. The van der Waals surface area contributed by atoms with E-state index < -0.39 is 0 Å². The number of hydrogen-bond donors (Lipinski definition) is 1. The molecule has 3 heteroatoms. The number of rotatable bonds is 5. The average molecular weight is 222 g/mol. The van der Waals surface area contributed by atoms with Crippen LogP contribution in [0, 0.1) is 5.92 Å². The van der Waals surface area contributed by atoms with Crippen LogP contribution in [0.2, 0.25) is 0 Å². The molecule has 0 aliphatic carbocycles. The van der Waals surface area contributed by atoms with Crippen LogP contribution in [0.15, 0.2) is 18.2 Å². The highest BCUT2D eigenvalue weighted by atomic mass is 16.5. The van der Waals surface area contributed by atoms with Gasteiger partial charge in [-0.3, -0.25) is 0 Å². The van der Waals surface area contributed by atoms with Crippen LogP contribution in [-0.2, 0) is 0 Å². The van der Waals surface area contributed by atoms with Crippen molar-refractivity contribution >= 4 is 11.4 Å². The Labute approximate surface area is 98.2 Å². The van der Waals surface area contributed by atoms with Gasteiger partial charge in [0, 0.05) is 37.1 Å². The summed E-state index contributed by atoms with van der Waals surface area (Å²) in [6, 6.07) is 5.82. The van der Waals surface area contributed by atoms with Crippen LogP contribution in [0.3, 0.4) is 0 Å². The topological polar surface area (TPSA) is 38.5 Å². The quantitative estimate of drug-likeness (QED) is 0.778. The molecule has 0 spiro atoms. The SMILES string of the molecule is CCC(C)CN(C)c1cc(N)cc(OC)c1. The molecule has 0 radical (unpaired) electrons. The minimum Gasteiger partial charge on any atom is -0.497 e. The first-order chi connectivity index (χ1) is 7.56. The molecule has 1 aromatic rings. The van der Waals surface area contributed by atoms with Gasteiger partial charge >= 0.3 is 0 Å². The predicted molar refractivity (Wildman–Crippen MR) is 70.1 cm³/mol. The van der Waals surface area contributed by atoms with Crippen molar-refractivity contribution in [3.8, 4) is 5.75 Å². The van der Waals surface area contributed by atoms with Crippen LogP contribution >= 0.6 is 0 Å². The standard InChI is InChI=1S/C13H22N2O/c1-5-10(2)9-15(3)12-6-11(14)7-13(8-12)16-4/h6-8,10H,5,9,14H2,1-4H3. The zero-order chi connectivity index (χ0) is 12.1. The molecule has 0 aromatic heterocycles. The highest BCUT2D eigenvalue weighted by Crippen LogP contribution is 2.25. The smallest absolute Gasteiger partial charge is 0.122 e. The van der Waals surface area contributed by atoms with Crippen LogP contribution in [0.25, 0.3) is 0 Å². The maximum absolute atomic E-state index is 5.83. The van der Waals surface area contributed by atoms with Crippen molar-refractivity contribution in [1.29, 1.82) is 0 Å². The third-order valence-corrected chi connectivity index (χ3v) is 2.87. The number of nitrogens with zero attached hydrogens (tertiary/aromatic N) is 1. The summed E-state index contributed by atoms with van der Waals surface area (Å²) >= 11 is 0. The Morgan fingerprint density at radius 1 is 1.38 bits per heavy atom. The molecule has 1 atom stereocenters. The monoisotopic (exact) mass is 222 g/mol. The van der Waals surface area contributed by atoms with Crippen LogP contribution in [0.5, 0.6) is 5.75 Å². The molecule has 2 N–H and O–H groups in total. The number of methoxy groups -OCH3 is 1. The van der Waals surface area contributed by atoms with Gasteiger partial charge in [-0.15, -0.1) is 0 Å². The van der Waals surface area contributed by atoms with Gasteiger partial charge in [-0.2, -0.15) is 0 Å². The Morgan fingerprint density at radius 3 is 2.62 bits per heavy atom. The molecule has 0 saturated carbocycles. The molecule has 16 heavy (non-hydrogen) atoms. The number of ether oxygens (including phenoxy) is 1. The fourth-order valence-corrected chi connectivity index (χ4v) is 1.65. The zero-order valence-corrected chi connectivity index (χ0v) is 10.7. The second kappa shape index (κ2) is 5.64. The van der Waals surface area contributed by atoms with Crippen LogP contribution in [-0.4, -0.2) is 20.7 Å². The van der Waals surface area contributed by atoms with Gasteiger partial charge < -0.3 is 15.4 Å². The van der Waals surface area contributed by atoms with E-state index >= 15 is 0 Å². The first kappa shape index (κ1) is 12.7. The van der Waals surface area contributed by atoms with Crippen molar-refractivity contribution < 1.29 is 4.74 Å². The maximum atomic E-state index is 5.83. The van der Waals surface area contributed by atoms with Gasteiger partial charge in [0.05, 0.1) is 7.11 Å². The Morgan fingerprint density at radius 2 is 2.06 bits per heavy atom. The summed E-state index contributed by atoms with van der Waals surface area (Å²) < 4.78 is 5.21. The summed E-state index contributed by atoms with van der Waals surface area (Å²) in [5.41, 5.74) is 7.68. The van der Waals surface area contributed by atoms with E-state index in [-0.39, 0.29) is 0 Å². The van der Waals surface area contributed by atoms with E-state index in [9.17, 15) is 0 Å². The fourth-order valence-electron chi connectivity index (χ4n) is 1.65. The lowest BCUT2D eigenvalue weighted by Crippen LogP contribution is -2.23. The first-order valence-corrected chi connectivity index (χ1v) is 5.72. The first-order valence-electron chi connectivity index (χ1n) is 5.72. The van der Waals surface area contributed by atoms with Gasteiger partial charge in [-0.1, -0.05) is 20.3 Å². The van der Waals surface area contributed by atoms with Crippen molar-refractivity contribution in [3.63, 3.8) is 0 Å². The van der Waals surface area contributed by atoms with Crippen LogP contribution in [0.1, 0.15) is 20.3 Å². The second-order valence-electron chi connectivity index (χ2n) is 4.36. The summed E-state index contributed by atoms with van der Waals surface area (Å²) in [7, 11) is 3.74. The van der Waals surface area contributed by atoms with E-state index in [2.05, 4.69) is 25.8 Å². The Hall–Kier alpha value is -1.38. The van der Waals surface area contributed by atoms with Gasteiger partial charge in [0.1, 0.15) is 5.75 Å². The Bertz CT molecular complexity index is 339. The van der Waals surface area contributed by atoms with E-state index in [1.807, 2.05) is 18.2 Å². The lowest BCUT2D eigenvalue weighted by Gasteiger charge is -2.23. The highest BCUT2D eigenvalue weighted by Gasteiger charge is 2.07. The van der Waals surface area contributed by atoms with Crippen molar-refractivity contribution in [2.24, 2.45) is 5.92 Å². The van der Waals surface area contributed by atoms with E-state index in [1.54, 1.807) is 7.11 Å².